The number of aldehydes is 1. The van der Waals surface area contributed by atoms with Crippen LogP contribution in [-0.4, -0.2) is 12.0 Å². The van der Waals surface area contributed by atoms with E-state index in [1.165, 1.54) is 0 Å². The SMILES string of the molecule is C=C/C=C(/CC=O)CSC=C. The highest BCUT2D eigenvalue weighted by molar-refractivity contribution is 8.02. The summed E-state index contributed by atoms with van der Waals surface area (Å²) in [4.78, 5) is 10.1. The van der Waals surface area contributed by atoms with Crippen LogP contribution in [-0.2, 0) is 4.79 Å². The Morgan fingerprint density at radius 2 is 2.18 bits per heavy atom. The molecule has 0 atom stereocenters. The minimum atomic E-state index is 0.493. The molecule has 60 valence electrons. The molecular weight excluding hydrogens is 156 g/mol. The van der Waals surface area contributed by atoms with Crippen molar-refractivity contribution in [2.24, 2.45) is 0 Å². The van der Waals surface area contributed by atoms with E-state index in [4.69, 9.17) is 0 Å². The van der Waals surface area contributed by atoms with E-state index in [9.17, 15) is 4.79 Å². The smallest absolute Gasteiger partial charge is 0.124 e. The number of allylic oxidation sites excluding steroid dienone is 2. The lowest BCUT2D eigenvalue weighted by molar-refractivity contribution is -0.107. The van der Waals surface area contributed by atoms with Crippen molar-refractivity contribution in [3.63, 3.8) is 0 Å². The van der Waals surface area contributed by atoms with Gasteiger partial charge < -0.3 is 4.79 Å². The zero-order chi connectivity index (χ0) is 8.53. The first kappa shape index (κ1) is 10.2. The molecule has 0 fully saturated rings. The maximum atomic E-state index is 10.1. The fourth-order valence-corrected chi connectivity index (χ4v) is 1.16. The van der Waals surface area contributed by atoms with Gasteiger partial charge in [0.1, 0.15) is 6.29 Å². The Morgan fingerprint density at radius 1 is 1.45 bits per heavy atom. The first-order valence-corrected chi connectivity index (χ1v) is 4.36. The van der Waals surface area contributed by atoms with Crippen LogP contribution in [0.2, 0.25) is 0 Å². The number of thioether (sulfide) groups is 1. The zero-order valence-electron chi connectivity index (χ0n) is 6.45. The van der Waals surface area contributed by atoms with Gasteiger partial charge in [-0.2, -0.15) is 0 Å². The summed E-state index contributed by atoms with van der Waals surface area (Å²) in [5.41, 5.74) is 1.08. The molecule has 11 heavy (non-hydrogen) atoms. The van der Waals surface area contributed by atoms with Gasteiger partial charge in [-0.1, -0.05) is 30.9 Å². The van der Waals surface area contributed by atoms with Crippen LogP contribution < -0.4 is 0 Å². The van der Waals surface area contributed by atoms with Crippen LogP contribution in [0, 0.1) is 0 Å². The van der Waals surface area contributed by atoms with Crippen molar-refractivity contribution in [1.82, 2.24) is 0 Å². The molecule has 0 aliphatic heterocycles. The summed E-state index contributed by atoms with van der Waals surface area (Å²) in [6.45, 7) is 7.14. The fourth-order valence-electron chi connectivity index (χ4n) is 0.615. The van der Waals surface area contributed by atoms with Crippen molar-refractivity contribution >= 4 is 18.0 Å². The van der Waals surface area contributed by atoms with Gasteiger partial charge in [-0.25, -0.2) is 0 Å². The Morgan fingerprint density at radius 3 is 2.64 bits per heavy atom. The predicted octanol–water partition coefficient (Wildman–Crippen LogP) is 2.56. The van der Waals surface area contributed by atoms with Crippen molar-refractivity contribution in [1.29, 1.82) is 0 Å². The van der Waals surface area contributed by atoms with Gasteiger partial charge in [0, 0.05) is 12.2 Å². The topological polar surface area (TPSA) is 17.1 Å². The van der Waals surface area contributed by atoms with Gasteiger partial charge in [-0.3, -0.25) is 0 Å². The molecule has 2 heteroatoms. The first-order chi connectivity index (χ1) is 5.35. The molecule has 0 unspecified atom stereocenters. The molecule has 0 aromatic carbocycles. The van der Waals surface area contributed by atoms with E-state index in [-0.39, 0.29) is 0 Å². The third-order valence-corrected chi connectivity index (χ3v) is 1.86. The van der Waals surface area contributed by atoms with E-state index in [0.29, 0.717) is 6.42 Å². The molecule has 0 aliphatic rings. The van der Waals surface area contributed by atoms with E-state index in [1.807, 2.05) is 6.08 Å². The van der Waals surface area contributed by atoms with E-state index < -0.39 is 0 Å². The van der Waals surface area contributed by atoms with Crippen molar-refractivity contribution in [2.75, 3.05) is 5.75 Å². The van der Waals surface area contributed by atoms with E-state index in [1.54, 1.807) is 23.2 Å². The zero-order valence-corrected chi connectivity index (χ0v) is 7.27. The second kappa shape index (κ2) is 7.35. The minimum absolute atomic E-state index is 0.493. The molecule has 0 N–H and O–H groups in total. The molecule has 0 amide bonds. The lowest BCUT2D eigenvalue weighted by atomic mass is 10.2. The Bertz CT molecular complexity index is 170. The van der Waals surface area contributed by atoms with Crippen molar-refractivity contribution in [2.45, 2.75) is 6.42 Å². The van der Waals surface area contributed by atoms with Crippen LogP contribution in [0.4, 0.5) is 0 Å². The van der Waals surface area contributed by atoms with Crippen molar-refractivity contribution < 1.29 is 4.79 Å². The van der Waals surface area contributed by atoms with Crippen LogP contribution in [0.15, 0.2) is 36.3 Å². The van der Waals surface area contributed by atoms with E-state index >= 15 is 0 Å². The van der Waals surface area contributed by atoms with Gasteiger partial charge in [0.05, 0.1) is 0 Å². The molecule has 0 saturated heterocycles. The monoisotopic (exact) mass is 168 g/mol. The third kappa shape index (κ3) is 5.67. The van der Waals surface area contributed by atoms with Crippen LogP contribution in [0.1, 0.15) is 6.42 Å². The van der Waals surface area contributed by atoms with Gasteiger partial charge in [-0.15, -0.1) is 11.8 Å². The van der Waals surface area contributed by atoms with Gasteiger partial charge in [0.15, 0.2) is 0 Å². The molecule has 0 saturated carbocycles. The van der Waals surface area contributed by atoms with Crippen molar-refractivity contribution in [3.8, 4) is 0 Å². The molecule has 1 nitrogen and oxygen atoms in total. The van der Waals surface area contributed by atoms with E-state index in [0.717, 1.165) is 17.6 Å². The average Bonchev–Trinajstić information content (AvgIpc) is 2.01. The third-order valence-electron chi connectivity index (χ3n) is 1.09. The highest BCUT2D eigenvalue weighted by Gasteiger charge is 1.92. The van der Waals surface area contributed by atoms with Gasteiger partial charge in [-0.05, 0) is 5.41 Å². The number of rotatable bonds is 6. The molecule has 0 radical (unpaired) electrons. The van der Waals surface area contributed by atoms with Crippen LogP contribution in [0.25, 0.3) is 0 Å². The summed E-state index contributed by atoms with van der Waals surface area (Å²) in [6.07, 6.45) is 4.96. The molecule has 0 aliphatic carbocycles. The second-order valence-corrected chi connectivity index (χ2v) is 2.86. The normalized spacial score (nSPS) is 10.7. The Labute approximate surface area is 71.9 Å². The molecular formula is C9H12OS. The average molecular weight is 168 g/mol. The molecule has 0 rings (SSSR count). The number of hydrogen-bond acceptors (Lipinski definition) is 2. The van der Waals surface area contributed by atoms with Crippen LogP contribution >= 0.6 is 11.8 Å². The minimum Gasteiger partial charge on any atom is -0.303 e. The summed E-state index contributed by atoms with van der Waals surface area (Å²) in [5.74, 6) is 0.828. The molecule has 0 aromatic rings. The van der Waals surface area contributed by atoms with Crippen LogP contribution in [0.5, 0.6) is 0 Å². The highest BCUT2D eigenvalue weighted by atomic mass is 32.2. The second-order valence-electron chi connectivity index (χ2n) is 1.91. The lowest BCUT2D eigenvalue weighted by Gasteiger charge is -1.97. The standard InChI is InChI=1S/C9H12OS/c1-3-5-9(6-7-10)8-11-4-2/h3-5,7H,1-2,6,8H2/b9-5-. The quantitative estimate of drug-likeness (QED) is 0.448. The molecule has 0 aromatic heterocycles. The summed E-state index contributed by atoms with van der Waals surface area (Å²) in [6, 6.07) is 0. The van der Waals surface area contributed by atoms with Gasteiger partial charge in [0.2, 0.25) is 0 Å². The first-order valence-electron chi connectivity index (χ1n) is 3.31. The molecule has 0 heterocycles. The number of hydrogen-bond donors (Lipinski definition) is 0. The fraction of sp³-hybridized carbons (Fsp3) is 0.222. The Kier molecular flexibility index (Phi) is 6.84. The van der Waals surface area contributed by atoms with Gasteiger partial charge in [0.25, 0.3) is 0 Å². The number of carbonyl (C=O) groups is 1. The summed E-state index contributed by atoms with van der Waals surface area (Å²) >= 11 is 1.59. The predicted molar refractivity (Wildman–Crippen MR) is 51.6 cm³/mol. The Balaban J connectivity index is 3.87. The number of carbonyl (C=O) groups excluding carboxylic acids is 1. The summed E-state index contributed by atoms with van der Waals surface area (Å²) in [7, 11) is 0. The summed E-state index contributed by atoms with van der Waals surface area (Å²) < 4.78 is 0. The maximum Gasteiger partial charge on any atom is 0.124 e. The largest absolute Gasteiger partial charge is 0.303 e. The molecule has 0 bridgehead atoms. The molecule has 0 spiro atoms. The lowest BCUT2D eigenvalue weighted by Crippen LogP contribution is -1.86. The highest BCUT2D eigenvalue weighted by Crippen LogP contribution is 2.10. The maximum absolute atomic E-state index is 10.1. The van der Waals surface area contributed by atoms with Gasteiger partial charge >= 0.3 is 0 Å². The van der Waals surface area contributed by atoms with Crippen molar-refractivity contribution in [3.05, 3.63) is 36.3 Å². The Hall–Kier alpha value is -0.760. The van der Waals surface area contributed by atoms with E-state index in [2.05, 4.69) is 13.2 Å². The van der Waals surface area contributed by atoms with Crippen LogP contribution in [0.3, 0.4) is 0 Å². The summed E-state index contributed by atoms with van der Waals surface area (Å²) in [5, 5.41) is 1.77.